The number of halogens is 3. The van der Waals surface area contributed by atoms with Gasteiger partial charge >= 0.3 is 6.18 Å². The van der Waals surface area contributed by atoms with Crippen LogP contribution in [0.15, 0.2) is 29.2 Å². The van der Waals surface area contributed by atoms with Crippen LogP contribution in [0.4, 0.5) is 13.2 Å². The molecule has 8 heteroatoms. The number of nitrogens with one attached hydrogen (secondary N) is 2. The average Bonchev–Trinajstić information content (AvgIpc) is 2.74. The lowest BCUT2D eigenvalue weighted by molar-refractivity contribution is -0.139. The van der Waals surface area contributed by atoms with Gasteiger partial charge in [-0.1, -0.05) is 12.1 Å². The molecule has 0 radical (unpaired) electrons. The van der Waals surface area contributed by atoms with Gasteiger partial charge in [-0.2, -0.15) is 13.2 Å². The zero-order valence-electron chi connectivity index (χ0n) is 11.1. The molecule has 21 heavy (non-hydrogen) atoms. The molecule has 0 amide bonds. The summed E-state index contributed by atoms with van der Waals surface area (Å²) in [5.74, 6) is 0. The van der Waals surface area contributed by atoms with Crippen molar-refractivity contribution in [1.29, 1.82) is 0 Å². The normalized spacial score (nSPS) is 29.6. The first-order valence-corrected chi connectivity index (χ1v) is 8.14. The van der Waals surface area contributed by atoms with E-state index in [9.17, 15) is 21.6 Å². The highest BCUT2D eigenvalue weighted by atomic mass is 32.2. The lowest BCUT2D eigenvalue weighted by Crippen LogP contribution is -2.62. The minimum Gasteiger partial charge on any atom is -0.312 e. The van der Waals surface area contributed by atoms with E-state index in [2.05, 4.69) is 10.6 Å². The third-order valence-corrected chi connectivity index (χ3v) is 6.59. The zero-order valence-corrected chi connectivity index (χ0v) is 11.9. The first-order valence-electron chi connectivity index (χ1n) is 6.66. The van der Waals surface area contributed by atoms with E-state index >= 15 is 0 Å². The van der Waals surface area contributed by atoms with E-state index in [1.54, 1.807) is 0 Å². The number of alkyl halides is 3. The predicted molar refractivity (Wildman–Crippen MR) is 70.4 cm³/mol. The molecule has 2 heterocycles. The fourth-order valence-corrected chi connectivity index (χ4v) is 5.27. The summed E-state index contributed by atoms with van der Waals surface area (Å²) in [4.78, 5) is -1.98. The molecule has 3 rings (SSSR count). The molecule has 2 saturated heterocycles. The second-order valence-electron chi connectivity index (χ2n) is 5.50. The van der Waals surface area contributed by atoms with Crippen molar-refractivity contribution in [1.82, 2.24) is 10.6 Å². The van der Waals surface area contributed by atoms with Crippen LogP contribution in [-0.4, -0.2) is 32.4 Å². The van der Waals surface area contributed by atoms with Gasteiger partial charge in [0.25, 0.3) is 0 Å². The van der Waals surface area contributed by atoms with Crippen molar-refractivity contribution in [3.8, 4) is 0 Å². The van der Waals surface area contributed by atoms with Gasteiger partial charge in [0.1, 0.15) is 4.87 Å². The van der Waals surface area contributed by atoms with Crippen LogP contribution in [0.25, 0.3) is 0 Å². The van der Waals surface area contributed by atoms with Gasteiger partial charge in [0.2, 0.25) is 0 Å². The molecule has 2 N–H and O–H groups in total. The number of sulfone groups is 1. The highest BCUT2D eigenvalue weighted by molar-refractivity contribution is 7.93. The lowest BCUT2D eigenvalue weighted by Gasteiger charge is -2.35. The maximum atomic E-state index is 13.1. The second-order valence-corrected chi connectivity index (χ2v) is 7.73. The van der Waals surface area contributed by atoms with Gasteiger partial charge in [-0.25, -0.2) is 8.42 Å². The van der Waals surface area contributed by atoms with E-state index < -0.39 is 31.3 Å². The minimum atomic E-state index is -4.69. The summed E-state index contributed by atoms with van der Waals surface area (Å²) in [6.07, 6.45) is -3.74. The Morgan fingerprint density at radius 1 is 1.24 bits per heavy atom. The smallest absolute Gasteiger partial charge is 0.312 e. The molecule has 116 valence electrons. The van der Waals surface area contributed by atoms with Crippen LogP contribution < -0.4 is 10.6 Å². The van der Waals surface area contributed by atoms with E-state index in [-0.39, 0.29) is 12.6 Å². The Kier molecular flexibility index (Phi) is 3.30. The summed E-state index contributed by atoms with van der Waals surface area (Å²) in [6, 6.07) is 4.36. The Balaban J connectivity index is 2.12. The van der Waals surface area contributed by atoms with Gasteiger partial charge in [-0.3, -0.25) is 5.32 Å². The van der Waals surface area contributed by atoms with Crippen LogP contribution in [0.3, 0.4) is 0 Å². The molecule has 2 unspecified atom stereocenters. The molecule has 2 bridgehead atoms. The summed E-state index contributed by atoms with van der Waals surface area (Å²) < 4.78 is 64.9. The first-order chi connectivity index (χ1) is 9.76. The topological polar surface area (TPSA) is 58.2 Å². The summed E-state index contributed by atoms with van der Waals surface area (Å²) in [5, 5.41) is 6.00. The molecule has 2 atom stereocenters. The molecule has 1 aromatic rings. The maximum absolute atomic E-state index is 13.1. The van der Waals surface area contributed by atoms with Gasteiger partial charge in [-0.15, -0.1) is 0 Å². The van der Waals surface area contributed by atoms with Gasteiger partial charge in [0, 0.05) is 19.1 Å². The molecule has 1 aromatic carbocycles. The number of fused-ring (bicyclic) bond motifs is 2. The second kappa shape index (κ2) is 4.69. The van der Waals surface area contributed by atoms with E-state index in [1.807, 2.05) is 0 Å². The molecule has 0 saturated carbocycles. The van der Waals surface area contributed by atoms with E-state index in [4.69, 9.17) is 0 Å². The standard InChI is InChI=1S/C13H15F3N2O2S/c14-13(15,16)10-3-1-2-4-11(10)21(19,20)12-6-5-9(18-12)7-17-8-12/h1-4,9,17-18H,5-8H2. The lowest BCUT2D eigenvalue weighted by atomic mass is 10.2. The highest BCUT2D eigenvalue weighted by Crippen LogP contribution is 2.40. The van der Waals surface area contributed by atoms with Crippen molar-refractivity contribution >= 4 is 9.84 Å². The summed E-state index contributed by atoms with van der Waals surface area (Å²) in [6.45, 7) is 0.760. The summed E-state index contributed by atoms with van der Waals surface area (Å²) in [5.41, 5.74) is -1.10. The Hall–Kier alpha value is -1.12. The van der Waals surface area contributed by atoms with Crippen LogP contribution in [0.5, 0.6) is 0 Å². The van der Waals surface area contributed by atoms with Crippen molar-refractivity contribution in [3.63, 3.8) is 0 Å². The molecule has 2 aliphatic heterocycles. The third-order valence-electron chi connectivity index (χ3n) is 4.16. The SMILES string of the molecule is O=S(=O)(c1ccccc1C(F)(F)F)C12CCC(CNC1)N2. The van der Waals surface area contributed by atoms with Crippen LogP contribution in [0, 0.1) is 0 Å². The molecular weight excluding hydrogens is 305 g/mol. The van der Waals surface area contributed by atoms with Crippen LogP contribution in [0.1, 0.15) is 18.4 Å². The molecule has 2 fully saturated rings. The quantitative estimate of drug-likeness (QED) is 0.868. The predicted octanol–water partition coefficient (Wildman–Crippen LogP) is 1.53. The maximum Gasteiger partial charge on any atom is 0.417 e. The van der Waals surface area contributed by atoms with E-state index in [0.29, 0.717) is 19.4 Å². The van der Waals surface area contributed by atoms with Crippen LogP contribution in [-0.2, 0) is 16.0 Å². The summed E-state index contributed by atoms with van der Waals surface area (Å²) >= 11 is 0. The largest absolute Gasteiger partial charge is 0.417 e. The zero-order chi connectivity index (χ0) is 15.3. The number of benzene rings is 1. The molecule has 0 aromatic heterocycles. The number of piperazine rings is 1. The first kappa shape index (κ1) is 14.8. The molecule has 2 aliphatic rings. The molecule has 0 spiro atoms. The highest BCUT2D eigenvalue weighted by Gasteiger charge is 2.53. The van der Waals surface area contributed by atoms with Crippen molar-refractivity contribution in [2.75, 3.05) is 13.1 Å². The van der Waals surface area contributed by atoms with Crippen molar-refractivity contribution < 1.29 is 21.6 Å². The van der Waals surface area contributed by atoms with Gasteiger partial charge in [-0.05, 0) is 25.0 Å². The monoisotopic (exact) mass is 320 g/mol. The number of hydrogen-bond acceptors (Lipinski definition) is 4. The van der Waals surface area contributed by atoms with Gasteiger partial charge in [0.15, 0.2) is 9.84 Å². The Morgan fingerprint density at radius 3 is 2.67 bits per heavy atom. The van der Waals surface area contributed by atoms with Crippen LogP contribution >= 0.6 is 0 Å². The molecule has 4 nitrogen and oxygen atoms in total. The average molecular weight is 320 g/mol. The Labute approximate surface area is 120 Å². The summed E-state index contributed by atoms with van der Waals surface area (Å²) in [7, 11) is -4.14. The van der Waals surface area contributed by atoms with E-state index in [0.717, 1.165) is 12.1 Å². The molecular formula is C13H15F3N2O2S. The minimum absolute atomic E-state index is 0.00780. The van der Waals surface area contributed by atoms with Crippen LogP contribution in [0.2, 0.25) is 0 Å². The van der Waals surface area contributed by atoms with Crippen molar-refractivity contribution in [3.05, 3.63) is 29.8 Å². The van der Waals surface area contributed by atoms with Crippen molar-refractivity contribution in [2.24, 2.45) is 0 Å². The van der Waals surface area contributed by atoms with Gasteiger partial charge in [0.05, 0.1) is 10.5 Å². The van der Waals surface area contributed by atoms with Crippen molar-refractivity contribution in [2.45, 2.75) is 34.8 Å². The Morgan fingerprint density at radius 2 is 1.95 bits per heavy atom. The Bertz CT molecular complexity index is 656. The molecule has 0 aliphatic carbocycles. The third kappa shape index (κ3) is 2.25. The fraction of sp³-hybridized carbons (Fsp3) is 0.538. The number of rotatable bonds is 2. The van der Waals surface area contributed by atoms with Gasteiger partial charge < -0.3 is 5.32 Å². The number of hydrogen-bond donors (Lipinski definition) is 2. The fourth-order valence-electron chi connectivity index (χ4n) is 3.12. The van der Waals surface area contributed by atoms with E-state index in [1.165, 1.54) is 12.1 Å².